The molecule has 3 rings (SSSR count). The molecule has 1 aromatic heterocycles. The summed E-state index contributed by atoms with van der Waals surface area (Å²) in [6.07, 6.45) is 3.54. The summed E-state index contributed by atoms with van der Waals surface area (Å²) in [5.74, 6) is 1.59. The van der Waals surface area contributed by atoms with Crippen molar-refractivity contribution < 1.29 is 17.6 Å². The van der Waals surface area contributed by atoms with Crippen molar-refractivity contribution in [2.45, 2.75) is 56.8 Å². The molecule has 5 nitrogen and oxygen atoms in total. The van der Waals surface area contributed by atoms with E-state index >= 15 is 0 Å². The SMILES string of the molecule is FC(F)(F)CN1CCC(NC(=NCCc2ccco2)NC2CCCC2)C1.I. The molecule has 27 heavy (non-hydrogen) atoms. The van der Waals surface area contributed by atoms with Gasteiger partial charge in [-0.2, -0.15) is 13.2 Å². The van der Waals surface area contributed by atoms with E-state index in [4.69, 9.17) is 4.42 Å². The molecule has 1 unspecified atom stereocenters. The van der Waals surface area contributed by atoms with E-state index in [0.29, 0.717) is 44.5 Å². The summed E-state index contributed by atoms with van der Waals surface area (Å²) in [7, 11) is 0. The van der Waals surface area contributed by atoms with Gasteiger partial charge in [-0.05, 0) is 31.4 Å². The number of aliphatic imine (C=N–C) groups is 1. The van der Waals surface area contributed by atoms with Gasteiger partial charge in [0.15, 0.2) is 5.96 Å². The first-order valence-corrected chi connectivity index (χ1v) is 9.37. The zero-order valence-electron chi connectivity index (χ0n) is 15.3. The maximum absolute atomic E-state index is 12.6. The Morgan fingerprint density at radius 2 is 1.93 bits per heavy atom. The number of furan rings is 1. The molecule has 0 bridgehead atoms. The Labute approximate surface area is 175 Å². The molecule has 1 aromatic rings. The fourth-order valence-corrected chi connectivity index (χ4v) is 3.67. The molecule has 1 aliphatic heterocycles. The third kappa shape index (κ3) is 7.89. The Balaban J connectivity index is 0.00000261. The quantitative estimate of drug-likeness (QED) is 0.357. The first-order chi connectivity index (χ1) is 12.5. The third-order valence-electron chi connectivity index (χ3n) is 4.92. The molecule has 154 valence electrons. The summed E-state index contributed by atoms with van der Waals surface area (Å²) in [5, 5.41) is 6.79. The van der Waals surface area contributed by atoms with E-state index in [1.54, 1.807) is 6.26 Å². The summed E-state index contributed by atoms with van der Waals surface area (Å²) in [4.78, 5) is 6.07. The Morgan fingerprint density at radius 1 is 1.19 bits per heavy atom. The number of likely N-dealkylation sites (tertiary alicyclic amines) is 1. The summed E-state index contributed by atoms with van der Waals surface area (Å²) in [6, 6.07) is 4.16. The van der Waals surface area contributed by atoms with E-state index in [0.717, 1.165) is 18.6 Å². The number of hydrogen-bond donors (Lipinski definition) is 2. The maximum Gasteiger partial charge on any atom is 0.401 e. The van der Waals surface area contributed by atoms with Crippen LogP contribution in [0.5, 0.6) is 0 Å². The number of guanidine groups is 1. The van der Waals surface area contributed by atoms with Gasteiger partial charge in [-0.3, -0.25) is 9.89 Å². The Morgan fingerprint density at radius 3 is 2.59 bits per heavy atom. The molecule has 1 saturated carbocycles. The minimum Gasteiger partial charge on any atom is -0.469 e. The van der Waals surface area contributed by atoms with Crippen molar-refractivity contribution in [2.75, 3.05) is 26.2 Å². The molecule has 2 N–H and O–H groups in total. The second-order valence-corrected chi connectivity index (χ2v) is 7.17. The Kier molecular flexibility index (Phi) is 8.71. The molecule has 0 amide bonds. The van der Waals surface area contributed by atoms with E-state index in [-0.39, 0.29) is 30.0 Å². The van der Waals surface area contributed by atoms with Gasteiger partial charge in [0.2, 0.25) is 0 Å². The maximum atomic E-state index is 12.6. The number of alkyl halides is 3. The van der Waals surface area contributed by atoms with E-state index in [9.17, 15) is 13.2 Å². The van der Waals surface area contributed by atoms with Gasteiger partial charge in [0.05, 0.1) is 12.8 Å². The summed E-state index contributed by atoms with van der Waals surface area (Å²) in [6.45, 7) is 0.587. The standard InChI is InChI=1S/C18H27F3N4O.HI/c19-18(20,21)13-25-10-8-15(12-25)24-17(23-14-4-1-2-5-14)22-9-7-16-6-3-11-26-16;/h3,6,11,14-15H,1-2,4-5,7-10,12-13H2,(H2,22,23,24);1H. The average molecular weight is 500 g/mol. The Hall–Kier alpha value is -0.970. The van der Waals surface area contributed by atoms with Gasteiger partial charge in [-0.15, -0.1) is 24.0 Å². The zero-order valence-corrected chi connectivity index (χ0v) is 17.6. The van der Waals surface area contributed by atoms with Crippen LogP contribution in [-0.4, -0.2) is 55.3 Å². The molecule has 0 radical (unpaired) electrons. The molecule has 1 aliphatic carbocycles. The van der Waals surface area contributed by atoms with E-state index in [1.807, 2.05) is 12.1 Å². The fourth-order valence-electron chi connectivity index (χ4n) is 3.67. The molecule has 9 heteroatoms. The van der Waals surface area contributed by atoms with Crippen molar-refractivity contribution in [2.24, 2.45) is 4.99 Å². The van der Waals surface area contributed by atoms with Crippen molar-refractivity contribution in [3.05, 3.63) is 24.2 Å². The van der Waals surface area contributed by atoms with Gasteiger partial charge in [0.25, 0.3) is 0 Å². The lowest BCUT2D eigenvalue weighted by molar-refractivity contribution is -0.143. The van der Waals surface area contributed by atoms with Crippen LogP contribution >= 0.6 is 24.0 Å². The van der Waals surface area contributed by atoms with Crippen LogP contribution < -0.4 is 10.6 Å². The van der Waals surface area contributed by atoms with Crippen LogP contribution in [0.3, 0.4) is 0 Å². The van der Waals surface area contributed by atoms with Crippen molar-refractivity contribution in [1.82, 2.24) is 15.5 Å². The van der Waals surface area contributed by atoms with Gasteiger partial charge < -0.3 is 15.1 Å². The summed E-state index contributed by atoms with van der Waals surface area (Å²) >= 11 is 0. The molecule has 1 atom stereocenters. The van der Waals surface area contributed by atoms with Crippen LogP contribution in [0.4, 0.5) is 13.2 Å². The highest BCUT2D eigenvalue weighted by molar-refractivity contribution is 14.0. The molecule has 0 aromatic carbocycles. The molecule has 0 spiro atoms. The minimum absolute atomic E-state index is 0. The van der Waals surface area contributed by atoms with Gasteiger partial charge in [-0.1, -0.05) is 12.8 Å². The second-order valence-electron chi connectivity index (χ2n) is 7.17. The number of nitrogens with zero attached hydrogens (tertiary/aromatic N) is 2. The topological polar surface area (TPSA) is 52.8 Å². The highest BCUT2D eigenvalue weighted by Gasteiger charge is 2.34. The van der Waals surface area contributed by atoms with Crippen LogP contribution in [0.15, 0.2) is 27.8 Å². The van der Waals surface area contributed by atoms with Gasteiger partial charge in [0.1, 0.15) is 5.76 Å². The van der Waals surface area contributed by atoms with Gasteiger partial charge in [0, 0.05) is 38.1 Å². The van der Waals surface area contributed by atoms with E-state index < -0.39 is 12.7 Å². The van der Waals surface area contributed by atoms with Gasteiger partial charge in [-0.25, -0.2) is 0 Å². The molecular weight excluding hydrogens is 472 g/mol. The first kappa shape index (κ1) is 22.3. The minimum atomic E-state index is -4.14. The number of rotatable bonds is 6. The third-order valence-corrected chi connectivity index (χ3v) is 4.92. The van der Waals surface area contributed by atoms with Crippen LogP contribution in [0, 0.1) is 0 Å². The summed E-state index contributed by atoms with van der Waals surface area (Å²) in [5.41, 5.74) is 0. The lowest BCUT2D eigenvalue weighted by Gasteiger charge is -2.22. The van der Waals surface area contributed by atoms with Crippen molar-refractivity contribution in [1.29, 1.82) is 0 Å². The highest BCUT2D eigenvalue weighted by Crippen LogP contribution is 2.20. The normalized spacial score (nSPS) is 22.0. The van der Waals surface area contributed by atoms with Crippen LogP contribution in [-0.2, 0) is 6.42 Å². The first-order valence-electron chi connectivity index (χ1n) is 9.37. The molecule has 2 heterocycles. The number of hydrogen-bond acceptors (Lipinski definition) is 3. The lowest BCUT2D eigenvalue weighted by Crippen LogP contribution is -2.48. The van der Waals surface area contributed by atoms with Crippen LogP contribution in [0.2, 0.25) is 0 Å². The second kappa shape index (κ2) is 10.5. The predicted molar refractivity (Wildman–Crippen MR) is 110 cm³/mol. The van der Waals surface area contributed by atoms with Gasteiger partial charge >= 0.3 is 6.18 Å². The number of nitrogens with one attached hydrogen (secondary N) is 2. The van der Waals surface area contributed by atoms with E-state index in [2.05, 4.69) is 15.6 Å². The van der Waals surface area contributed by atoms with Crippen LogP contribution in [0.1, 0.15) is 37.9 Å². The summed E-state index contributed by atoms with van der Waals surface area (Å²) < 4.78 is 43.0. The Bertz CT molecular complexity index is 574. The smallest absolute Gasteiger partial charge is 0.401 e. The molecular formula is C18H28F3IN4O. The van der Waals surface area contributed by atoms with E-state index in [1.165, 1.54) is 17.7 Å². The molecule has 1 saturated heterocycles. The number of halogens is 4. The highest BCUT2D eigenvalue weighted by atomic mass is 127. The molecule has 2 fully saturated rings. The average Bonchev–Trinajstić information content (AvgIpc) is 3.29. The predicted octanol–water partition coefficient (Wildman–Crippen LogP) is 3.55. The monoisotopic (exact) mass is 500 g/mol. The van der Waals surface area contributed by atoms with Crippen molar-refractivity contribution in [3.8, 4) is 0 Å². The largest absolute Gasteiger partial charge is 0.469 e. The zero-order chi connectivity index (χ0) is 18.4. The lowest BCUT2D eigenvalue weighted by atomic mass is 10.2. The molecule has 2 aliphatic rings. The fraction of sp³-hybridized carbons (Fsp3) is 0.722. The van der Waals surface area contributed by atoms with Crippen molar-refractivity contribution in [3.63, 3.8) is 0 Å². The van der Waals surface area contributed by atoms with Crippen LogP contribution in [0.25, 0.3) is 0 Å². The van der Waals surface area contributed by atoms with Crippen molar-refractivity contribution >= 4 is 29.9 Å².